The largest absolute Gasteiger partial charge is 0.444 e. The van der Waals surface area contributed by atoms with E-state index in [9.17, 15) is 9.90 Å². The molecule has 1 aromatic carbocycles. The van der Waals surface area contributed by atoms with E-state index in [1.165, 1.54) is 4.90 Å². The Morgan fingerprint density at radius 1 is 1.30 bits per heavy atom. The second-order valence-corrected chi connectivity index (χ2v) is 6.67. The van der Waals surface area contributed by atoms with Crippen molar-refractivity contribution in [3.8, 4) is 5.69 Å². The van der Waals surface area contributed by atoms with E-state index in [4.69, 9.17) is 4.74 Å². The maximum Gasteiger partial charge on any atom is 0.410 e. The molecule has 0 spiro atoms. The number of benzene rings is 1. The van der Waals surface area contributed by atoms with Gasteiger partial charge in [-0.25, -0.2) is 9.48 Å². The van der Waals surface area contributed by atoms with E-state index in [1.54, 1.807) is 10.9 Å². The summed E-state index contributed by atoms with van der Waals surface area (Å²) in [6.07, 6.45) is 0.478. The van der Waals surface area contributed by atoms with E-state index >= 15 is 0 Å². The normalized spacial score (nSPS) is 17.7. The van der Waals surface area contributed by atoms with Crippen molar-refractivity contribution in [2.75, 3.05) is 6.54 Å². The van der Waals surface area contributed by atoms with Crippen LogP contribution in [-0.4, -0.2) is 38.0 Å². The van der Waals surface area contributed by atoms with Crippen molar-refractivity contribution in [2.24, 2.45) is 0 Å². The molecule has 1 atom stereocenters. The van der Waals surface area contributed by atoms with Gasteiger partial charge in [-0.15, -0.1) is 0 Å². The predicted octanol–water partition coefficient (Wildman–Crippen LogP) is 2.66. The summed E-state index contributed by atoms with van der Waals surface area (Å²) in [5.74, 6) is 0. The lowest BCUT2D eigenvalue weighted by Crippen LogP contribution is -2.41. The third-order valence-corrected chi connectivity index (χ3v) is 3.65. The molecule has 2 aromatic rings. The number of aromatic nitrogens is 2. The number of fused-ring (bicyclic) bond motifs is 1. The molecule has 1 aromatic heterocycles. The molecular weight excluding hydrogens is 294 g/mol. The van der Waals surface area contributed by atoms with Crippen LogP contribution < -0.4 is 0 Å². The summed E-state index contributed by atoms with van der Waals surface area (Å²) in [4.78, 5) is 13.8. The number of nitrogens with zero attached hydrogens (tertiary/aromatic N) is 3. The SMILES string of the molecule is CC(C)(C)OC(=O)N1Cc2c(cnn2-c2ccccc2)C(O)C1. The zero-order chi connectivity index (χ0) is 16.6. The summed E-state index contributed by atoms with van der Waals surface area (Å²) < 4.78 is 7.17. The highest BCUT2D eigenvalue weighted by molar-refractivity contribution is 5.68. The van der Waals surface area contributed by atoms with E-state index in [0.717, 1.165) is 16.9 Å². The number of ether oxygens (including phenoxy) is 1. The fourth-order valence-electron chi connectivity index (χ4n) is 2.63. The highest BCUT2D eigenvalue weighted by atomic mass is 16.6. The Labute approximate surface area is 135 Å². The topological polar surface area (TPSA) is 67.6 Å². The Morgan fingerprint density at radius 2 is 2.00 bits per heavy atom. The molecule has 0 radical (unpaired) electrons. The van der Waals surface area contributed by atoms with E-state index in [0.29, 0.717) is 6.54 Å². The van der Waals surface area contributed by atoms with E-state index in [1.807, 2.05) is 51.1 Å². The lowest BCUT2D eigenvalue weighted by Gasteiger charge is -2.32. The van der Waals surface area contributed by atoms with Gasteiger partial charge in [0, 0.05) is 5.56 Å². The molecule has 1 amide bonds. The Hall–Kier alpha value is -2.34. The summed E-state index contributed by atoms with van der Waals surface area (Å²) in [6, 6.07) is 9.65. The maximum absolute atomic E-state index is 12.3. The molecule has 0 saturated heterocycles. The molecule has 1 aliphatic rings. The fraction of sp³-hybridized carbons (Fsp3) is 0.412. The van der Waals surface area contributed by atoms with Gasteiger partial charge in [-0.2, -0.15) is 5.10 Å². The third-order valence-electron chi connectivity index (χ3n) is 3.65. The monoisotopic (exact) mass is 315 g/mol. The maximum atomic E-state index is 12.3. The first-order chi connectivity index (χ1) is 10.8. The van der Waals surface area contributed by atoms with Crippen molar-refractivity contribution in [2.45, 2.75) is 39.0 Å². The van der Waals surface area contributed by atoms with Crippen molar-refractivity contribution in [3.63, 3.8) is 0 Å². The van der Waals surface area contributed by atoms with Gasteiger partial charge in [0.15, 0.2) is 0 Å². The van der Waals surface area contributed by atoms with Crippen molar-refractivity contribution in [1.29, 1.82) is 0 Å². The van der Waals surface area contributed by atoms with Gasteiger partial charge in [-0.05, 0) is 32.9 Å². The van der Waals surface area contributed by atoms with E-state index in [-0.39, 0.29) is 6.54 Å². The van der Waals surface area contributed by atoms with E-state index in [2.05, 4.69) is 5.10 Å². The molecule has 0 bridgehead atoms. The first-order valence-corrected chi connectivity index (χ1v) is 7.63. The fourth-order valence-corrected chi connectivity index (χ4v) is 2.63. The summed E-state index contributed by atoms with van der Waals surface area (Å²) in [5, 5.41) is 14.7. The van der Waals surface area contributed by atoms with Crippen LogP contribution in [-0.2, 0) is 11.3 Å². The number of aliphatic hydroxyl groups excluding tert-OH is 1. The van der Waals surface area contributed by atoms with E-state index < -0.39 is 17.8 Å². The van der Waals surface area contributed by atoms with Crippen LogP contribution in [0, 0.1) is 0 Å². The minimum Gasteiger partial charge on any atom is -0.444 e. The van der Waals surface area contributed by atoms with Gasteiger partial charge in [-0.3, -0.25) is 4.90 Å². The van der Waals surface area contributed by atoms with Gasteiger partial charge in [0.1, 0.15) is 11.7 Å². The standard InChI is InChI=1S/C17H21N3O3/c1-17(2,3)23-16(22)19-10-14-13(15(21)11-19)9-18-20(14)12-7-5-4-6-8-12/h4-9,15,21H,10-11H2,1-3H3. The molecule has 1 unspecified atom stereocenters. The second-order valence-electron chi connectivity index (χ2n) is 6.67. The Morgan fingerprint density at radius 3 is 2.65 bits per heavy atom. The number of rotatable bonds is 1. The molecule has 23 heavy (non-hydrogen) atoms. The molecule has 0 saturated carbocycles. The number of amides is 1. The van der Waals surface area contributed by atoms with Gasteiger partial charge in [0.25, 0.3) is 0 Å². The minimum atomic E-state index is -0.760. The molecule has 0 aliphatic carbocycles. The van der Waals surface area contributed by atoms with Crippen molar-refractivity contribution in [1.82, 2.24) is 14.7 Å². The summed E-state index contributed by atoms with van der Waals surface area (Å²) in [6.45, 7) is 6.04. The molecule has 122 valence electrons. The summed E-state index contributed by atoms with van der Waals surface area (Å²) >= 11 is 0. The number of β-amino-alcohol motifs (C(OH)–C–C–N with tert-alkyl or cyclic N) is 1. The van der Waals surface area contributed by atoms with Gasteiger partial charge in [0.2, 0.25) is 0 Å². The first-order valence-electron chi connectivity index (χ1n) is 7.63. The highest BCUT2D eigenvalue weighted by Crippen LogP contribution is 2.29. The van der Waals surface area contributed by atoms with Crippen LogP contribution >= 0.6 is 0 Å². The third kappa shape index (κ3) is 3.22. The molecule has 0 fully saturated rings. The van der Waals surface area contributed by atoms with Gasteiger partial charge in [0.05, 0.1) is 30.7 Å². The van der Waals surface area contributed by atoms with Crippen molar-refractivity contribution in [3.05, 3.63) is 47.8 Å². The zero-order valence-electron chi connectivity index (χ0n) is 13.6. The summed E-state index contributed by atoms with van der Waals surface area (Å²) in [5.41, 5.74) is 1.89. The molecule has 3 rings (SSSR count). The quantitative estimate of drug-likeness (QED) is 0.878. The number of carbonyl (C=O) groups excluding carboxylic acids is 1. The van der Waals surface area contributed by atoms with Crippen LogP contribution in [0.1, 0.15) is 38.1 Å². The molecular formula is C17H21N3O3. The van der Waals surface area contributed by atoms with Gasteiger partial charge in [-0.1, -0.05) is 18.2 Å². The number of carbonyl (C=O) groups is 1. The number of aliphatic hydroxyl groups is 1. The predicted molar refractivity (Wildman–Crippen MR) is 85.2 cm³/mol. The lowest BCUT2D eigenvalue weighted by atomic mass is 10.1. The average Bonchev–Trinajstić information content (AvgIpc) is 2.91. The van der Waals surface area contributed by atoms with Crippen LogP contribution in [0.25, 0.3) is 5.69 Å². The molecule has 6 heteroatoms. The molecule has 1 N–H and O–H groups in total. The van der Waals surface area contributed by atoms with Crippen molar-refractivity contribution >= 4 is 6.09 Å². The van der Waals surface area contributed by atoms with Crippen LogP contribution in [0.4, 0.5) is 4.79 Å². The Kier molecular flexibility index (Phi) is 3.85. The number of hydrogen-bond acceptors (Lipinski definition) is 4. The van der Waals surface area contributed by atoms with Crippen LogP contribution in [0.3, 0.4) is 0 Å². The zero-order valence-corrected chi connectivity index (χ0v) is 13.6. The average molecular weight is 315 g/mol. The first kappa shape index (κ1) is 15.6. The summed E-state index contributed by atoms with van der Waals surface area (Å²) in [7, 11) is 0. The van der Waals surface area contributed by atoms with Gasteiger partial charge < -0.3 is 9.84 Å². The minimum absolute atomic E-state index is 0.211. The highest BCUT2D eigenvalue weighted by Gasteiger charge is 2.32. The number of hydrogen-bond donors (Lipinski definition) is 1. The second kappa shape index (κ2) is 5.70. The molecule has 2 heterocycles. The van der Waals surface area contributed by atoms with Crippen LogP contribution in [0.15, 0.2) is 36.5 Å². The van der Waals surface area contributed by atoms with Crippen LogP contribution in [0.5, 0.6) is 0 Å². The van der Waals surface area contributed by atoms with Gasteiger partial charge >= 0.3 is 6.09 Å². The lowest BCUT2D eigenvalue weighted by molar-refractivity contribution is 0.00775. The smallest absolute Gasteiger partial charge is 0.410 e. The molecule has 6 nitrogen and oxygen atoms in total. The van der Waals surface area contributed by atoms with Crippen LogP contribution in [0.2, 0.25) is 0 Å². The molecule has 1 aliphatic heterocycles. The van der Waals surface area contributed by atoms with Crippen molar-refractivity contribution < 1.29 is 14.6 Å². The number of para-hydroxylation sites is 1. The Balaban J connectivity index is 1.90. The Bertz CT molecular complexity index is 704.